The summed E-state index contributed by atoms with van der Waals surface area (Å²) < 4.78 is 0. The van der Waals surface area contributed by atoms with E-state index in [4.69, 9.17) is 23.2 Å². The van der Waals surface area contributed by atoms with Crippen LogP contribution >= 0.6 is 35.0 Å². The molecular weight excluding hydrogens is 301 g/mol. The zero-order valence-electron chi connectivity index (χ0n) is 10.8. The van der Waals surface area contributed by atoms with E-state index in [0.29, 0.717) is 16.0 Å². The third-order valence-corrected chi connectivity index (χ3v) is 5.19. The van der Waals surface area contributed by atoms with Gasteiger partial charge in [-0.15, -0.1) is 11.8 Å². The summed E-state index contributed by atoms with van der Waals surface area (Å²) in [6.07, 6.45) is 3.77. The average Bonchev–Trinajstić information content (AvgIpc) is 2.31. The summed E-state index contributed by atoms with van der Waals surface area (Å²) in [5, 5.41) is 4.10. The summed E-state index contributed by atoms with van der Waals surface area (Å²) in [4.78, 5) is 12.8. The highest BCUT2D eigenvalue weighted by Crippen LogP contribution is 2.32. The summed E-state index contributed by atoms with van der Waals surface area (Å²) in [7, 11) is 0. The van der Waals surface area contributed by atoms with Gasteiger partial charge in [-0.25, -0.2) is 0 Å². The Bertz CT molecular complexity index is 463. The van der Waals surface area contributed by atoms with E-state index in [-0.39, 0.29) is 11.2 Å². The molecule has 104 valence electrons. The number of amides is 1. The molecule has 0 radical (unpaired) electrons. The van der Waals surface area contributed by atoms with Gasteiger partial charge in [-0.3, -0.25) is 4.79 Å². The maximum absolute atomic E-state index is 12.0. The minimum absolute atomic E-state index is 0.0629. The van der Waals surface area contributed by atoms with Gasteiger partial charge in [0.2, 0.25) is 5.91 Å². The first kappa shape index (κ1) is 15.0. The highest BCUT2D eigenvalue weighted by molar-refractivity contribution is 8.00. The largest absolute Gasteiger partial charge is 0.355 e. The van der Waals surface area contributed by atoms with Crippen molar-refractivity contribution in [2.75, 3.05) is 6.54 Å². The van der Waals surface area contributed by atoms with Gasteiger partial charge in [0.15, 0.2) is 0 Å². The SMILES string of the molecule is CC(Sc1cc(Cl)ccc1Cl)C(=O)NCC1CCC1. The number of hydrogen-bond acceptors (Lipinski definition) is 2. The van der Waals surface area contributed by atoms with Gasteiger partial charge in [0.25, 0.3) is 0 Å². The maximum atomic E-state index is 12.0. The van der Waals surface area contributed by atoms with Gasteiger partial charge in [-0.2, -0.15) is 0 Å². The molecule has 2 nitrogen and oxygen atoms in total. The summed E-state index contributed by atoms with van der Waals surface area (Å²) in [6, 6.07) is 5.30. The summed E-state index contributed by atoms with van der Waals surface area (Å²) >= 11 is 13.5. The minimum atomic E-state index is -0.170. The topological polar surface area (TPSA) is 29.1 Å². The number of carbonyl (C=O) groups excluding carboxylic acids is 1. The Labute approximate surface area is 128 Å². The van der Waals surface area contributed by atoms with Gasteiger partial charge < -0.3 is 5.32 Å². The van der Waals surface area contributed by atoms with E-state index in [1.165, 1.54) is 31.0 Å². The number of hydrogen-bond donors (Lipinski definition) is 1. The predicted molar refractivity (Wildman–Crippen MR) is 82.1 cm³/mol. The van der Waals surface area contributed by atoms with E-state index >= 15 is 0 Å². The van der Waals surface area contributed by atoms with Gasteiger partial charge in [0.1, 0.15) is 0 Å². The minimum Gasteiger partial charge on any atom is -0.355 e. The quantitative estimate of drug-likeness (QED) is 0.816. The lowest BCUT2D eigenvalue weighted by Crippen LogP contribution is -2.36. The van der Waals surface area contributed by atoms with Crippen molar-refractivity contribution in [3.8, 4) is 0 Å². The van der Waals surface area contributed by atoms with Crippen LogP contribution in [0.2, 0.25) is 10.0 Å². The Hall–Kier alpha value is -0.380. The van der Waals surface area contributed by atoms with Crippen molar-refractivity contribution in [1.82, 2.24) is 5.32 Å². The number of benzene rings is 1. The fourth-order valence-electron chi connectivity index (χ4n) is 1.90. The van der Waals surface area contributed by atoms with Gasteiger partial charge in [-0.1, -0.05) is 29.6 Å². The number of carbonyl (C=O) groups is 1. The smallest absolute Gasteiger partial charge is 0.233 e. The lowest BCUT2D eigenvalue weighted by Gasteiger charge is -2.26. The van der Waals surface area contributed by atoms with Crippen LogP contribution in [-0.2, 0) is 4.79 Å². The second-order valence-corrected chi connectivity index (χ2v) is 7.10. The highest BCUT2D eigenvalue weighted by atomic mass is 35.5. The monoisotopic (exact) mass is 317 g/mol. The number of nitrogens with one attached hydrogen (secondary N) is 1. The van der Waals surface area contributed by atoms with E-state index in [1.54, 1.807) is 18.2 Å². The van der Waals surface area contributed by atoms with Crippen LogP contribution in [0, 0.1) is 5.92 Å². The number of rotatable bonds is 5. The van der Waals surface area contributed by atoms with Crippen molar-refractivity contribution in [3.05, 3.63) is 28.2 Å². The molecule has 0 bridgehead atoms. The van der Waals surface area contributed by atoms with Crippen LogP contribution in [0.4, 0.5) is 0 Å². The fourth-order valence-corrected chi connectivity index (χ4v) is 3.33. The lowest BCUT2D eigenvalue weighted by atomic mass is 9.85. The molecule has 1 aromatic carbocycles. The molecule has 1 amide bonds. The first-order chi connectivity index (χ1) is 9.06. The molecule has 1 aliphatic rings. The first-order valence-corrected chi connectivity index (χ1v) is 8.09. The Balaban J connectivity index is 1.86. The van der Waals surface area contributed by atoms with Gasteiger partial charge in [-0.05, 0) is 43.9 Å². The zero-order valence-corrected chi connectivity index (χ0v) is 13.1. The van der Waals surface area contributed by atoms with Crippen LogP contribution in [0.1, 0.15) is 26.2 Å². The predicted octanol–water partition coefficient (Wildman–Crippen LogP) is 4.39. The van der Waals surface area contributed by atoms with Gasteiger partial charge >= 0.3 is 0 Å². The lowest BCUT2D eigenvalue weighted by molar-refractivity contribution is -0.120. The molecule has 5 heteroatoms. The third-order valence-electron chi connectivity index (χ3n) is 3.36. The van der Waals surface area contributed by atoms with Crippen LogP contribution in [0.3, 0.4) is 0 Å². The Morgan fingerprint density at radius 1 is 1.47 bits per heavy atom. The van der Waals surface area contributed by atoms with E-state index in [1.807, 2.05) is 6.92 Å². The second kappa shape index (κ2) is 6.87. The first-order valence-electron chi connectivity index (χ1n) is 6.45. The molecule has 0 saturated heterocycles. The van der Waals surface area contributed by atoms with Crippen LogP contribution in [0.15, 0.2) is 23.1 Å². The standard InChI is InChI=1S/C14H17Cl2NOS/c1-9(14(18)17-8-10-3-2-4-10)19-13-7-11(15)5-6-12(13)16/h5-7,9-10H,2-4,8H2,1H3,(H,17,18). The number of halogens is 2. The molecule has 1 atom stereocenters. The van der Waals surface area contributed by atoms with Crippen molar-refractivity contribution in [2.24, 2.45) is 5.92 Å². The molecule has 1 N–H and O–H groups in total. The molecule has 1 fully saturated rings. The fraction of sp³-hybridized carbons (Fsp3) is 0.500. The van der Waals surface area contributed by atoms with Crippen LogP contribution in [-0.4, -0.2) is 17.7 Å². The molecule has 0 aromatic heterocycles. The molecule has 1 aliphatic carbocycles. The van der Waals surface area contributed by atoms with Crippen molar-refractivity contribution >= 4 is 40.9 Å². The van der Waals surface area contributed by atoms with Gasteiger partial charge in [0.05, 0.1) is 10.3 Å². The van der Waals surface area contributed by atoms with Crippen LogP contribution in [0.5, 0.6) is 0 Å². The van der Waals surface area contributed by atoms with E-state index in [0.717, 1.165) is 11.4 Å². The van der Waals surface area contributed by atoms with E-state index in [9.17, 15) is 4.79 Å². The number of thioether (sulfide) groups is 1. The van der Waals surface area contributed by atoms with Gasteiger partial charge in [0, 0.05) is 16.5 Å². The highest BCUT2D eigenvalue weighted by Gasteiger charge is 2.20. The van der Waals surface area contributed by atoms with E-state index in [2.05, 4.69) is 5.32 Å². The Morgan fingerprint density at radius 3 is 2.84 bits per heavy atom. The third kappa shape index (κ3) is 4.30. The van der Waals surface area contributed by atoms with Crippen molar-refractivity contribution in [1.29, 1.82) is 0 Å². The molecular formula is C14H17Cl2NOS. The Kier molecular flexibility index (Phi) is 5.43. The average molecular weight is 318 g/mol. The summed E-state index contributed by atoms with van der Waals surface area (Å²) in [5.41, 5.74) is 0. The summed E-state index contributed by atoms with van der Waals surface area (Å²) in [6.45, 7) is 2.69. The maximum Gasteiger partial charge on any atom is 0.233 e. The van der Waals surface area contributed by atoms with Crippen LogP contribution in [0.25, 0.3) is 0 Å². The second-order valence-electron chi connectivity index (χ2n) is 4.88. The summed E-state index contributed by atoms with van der Waals surface area (Å²) in [5.74, 6) is 0.740. The van der Waals surface area contributed by atoms with Crippen molar-refractivity contribution in [2.45, 2.75) is 36.3 Å². The molecule has 1 saturated carbocycles. The van der Waals surface area contributed by atoms with Crippen molar-refractivity contribution < 1.29 is 4.79 Å². The normalized spacial score (nSPS) is 16.8. The van der Waals surface area contributed by atoms with Crippen molar-refractivity contribution in [3.63, 3.8) is 0 Å². The molecule has 1 aromatic rings. The molecule has 2 rings (SSSR count). The molecule has 0 heterocycles. The van der Waals surface area contributed by atoms with Crippen LogP contribution < -0.4 is 5.32 Å². The molecule has 0 spiro atoms. The molecule has 1 unspecified atom stereocenters. The molecule has 0 aliphatic heterocycles. The Morgan fingerprint density at radius 2 is 2.21 bits per heavy atom. The molecule has 19 heavy (non-hydrogen) atoms. The van der Waals surface area contributed by atoms with E-state index < -0.39 is 0 Å². The zero-order chi connectivity index (χ0) is 13.8.